The number of nitrogens with one attached hydrogen (secondary N) is 1. The van der Waals surface area contributed by atoms with Gasteiger partial charge in [-0.3, -0.25) is 4.79 Å². The summed E-state index contributed by atoms with van der Waals surface area (Å²) in [6, 6.07) is 0.268. The average molecular weight is 286 g/mol. The van der Waals surface area contributed by atoms with Crippen molar-refractivity contribution in [2.75, 3.05) is 33.4 Å². The van der Waals surface area contributed by atoms with Crippen LogP contribution in [0.5, 0.6) is 0 Å². The third kappa shape index (κ3) is 5.38. The van der Waals surface area contributed by atoms with Crippen LogP contribution < -0.4 is 5.32 Å². The third-order valence-corrected chi connectivity index (χ3v) is 4.25. The lowest BCUT2D eigenvalue weighted by Gasteiger charge is -2.35. The molecule has 0 aromatic rings. The smallest absolute Gasteiger partial charge is 0.225 e. The number of likely N-dealkylation sites (tertiary alicyclic amines) is 1. The highest BCUT2D eigenvalue weighted by Gasteiger charge is 2.29. The number of aliphatic hydroxyl groups excluding tert-OH is 1. The van der Waals surface area contributed by atoms with Crippen LogP contribution in [-0.2, 0) is 9.53 Å². The van der Waals surface area contributed by atoms with Crippen LogP contribution in [0.15, 0.2) is 0 Å². The van der Waals surface area contributed by atoms with E-state index in [9.17, 15) is 9.90 Å². The maximum absolute atomic E-state index is 12.1. The minimum atomic E-state index is -0.426. The van der Waals surface area contributed by atoms with Crippen LogP contribution in [0.4, 0.5) is 0 Å². The summed E-state index contributed by atoms with van der Waals surface area (Å²) in [6.45, 7) is 8.86. The molecule has 0 spiro atoms. The van der Waals surface area contributed by atoms with Crippen molar-refractivity contribution in [3.8, 4) is 0 Å². The van der Waals surface area contributed by atoms with Gasteiger partial charge in [0.05, 0.1) is 12.7 Å². The molecule has 1 aliphatic heterocycles. The molecule has 1 amide bonds. The summed E-state index contributed by atoms with van der Waals surface area (Å²) in [5.41, 5.74) is -0.286. The molecule has 1 atom stereocenters. The molecule has 1 unspecified atom stereocenters. The van der Waals surface area contributed by atoms with Crippen molar-refractivity contribution >= 4 is 5.91 Å². The van der Waals surface area contributed by atoms with Crippen molar-refractivity contribution in [2.45, 2.75) is 52.2 Å². The van der Waals surface area contributed by atoms with Gasteiger partial charge in [0.15, 0.2) is 0 Å². The zero-order valence-corrected chi connectivity index (χ0v) is 13.3. The number of ether oxygens (including phenoxy) is 1. The predicted octanol–water partition coefficient (Wildman–Crippen LogP) is 1.01. The summed E-state index contributed by atoms with van der Waals surface area (Å²) < 4.78 is 4.94. The van der Waals surface area contributed by atoms with E-state index in [0.717, 1.165) is 32.4 Å². The normalized spacial score (nSPS) is 19.9. The van der Waals surface area contributed by atoms with Gasteiger partial charge in [0.1, 0.15) is 0 Å². The molecule has 0 radical (unpaired) electrons. The van der Waals surface area contributed by atoms with E-state index in [4.69, 9.17) is 4.74 Å². The van der Waals surface area contributed by atoms with Gasteiger partial charge in [-0.2, -0.15) is 0 Å². The van der Waals surface area contributed by atoms with Crippen LogP contribution in [0.2, 0.25) is 0 Å². The number of hydrogen-bond donors (Lipinski definition) is 2. The van der Waals surface area contributed by atoms with Gasteiger partial charge < -0.3 is 20.1 Å². The first-order valence-electron chi connectivity index (χ1n) is 7.59. The molecule has 1 aliphatic rings. The quantitative estimate of drug-likeness (QED) is 0.733. The van der Waals surface area contributed by atoms with Crippen LogP contribution in [0.3, 0.4) is 0 Å². The first-order chi connectivity index (χ1) is 9.39. The fourth-order valence-electron chi connectivity index (χ4n) is 2.34. The molecule has 1 rings (SSSR count). The molecule has 0 bridgehead atoms. The second-order valence-corrected chi connectivity index (χ2v) is 6.39. The van der Waals surface area contributed by atoms with E-state index in [-0.39, 0.29) is 17.4 Å². The van der Waals surface area contributed by atoms with Crippen molar-refractivity contribution in [3.05, 3.63) is 0 Å². The van der Waals surface area contributed by atoms with Crippen LogP contribution in [0.1, 0.15) is 40.0 Å². The molecule has 0 aromatic heterocycles. The third-order valence-electron chi connectivity index (χ3n) is 4.25. The zero-order valence-electron chi connectivity index (χ0n) is 13.3. The Bertz CT molecular complexity index is 299. The van der Waals surface area contributed by atoms with E-state index < -0.39 is 6.10 Å². The fraction of sp³-hybridized carbons (Fsp3) is 0.933. The van der Waals surface area contributed by atoms with Crippen molar-refractivity contribution in [3.63, 3.8) is 0 Å². The summed E-state index contributed by atoms with van der Waals surface area (Å²) in [5, 5.41) is 12.9. The summed E-state index contributed by atoms with van der Waals surface area (Å²) in [7, 11) is 1.60. The SMILES string of the molecule is CCC(C)(C)C(=O)NC1CCN(CC(O)COC)CC1. The Morgan fingerprint density at radius 2 is 2.05 bits per heavy atom. The maximum atomic E-state index is 12.1. The minimum Gasteiger partial charge on any atom is -0.389 e. The van der Waals surface area contributed by atoms with Gasteiger partial charge >= 0.3 is 0 Å². The van der Waals surface area contributed by atoms with Gasteiger partial charge in [-0.1, -0.05) is 20.8 Å². The average Bonchev–Trinajstić information content (AvgIpc) is 2.41. The number of amides is 1. The van der Waals surface area contributed by atoms with Gasteiger partial charge in [0, 0.05) is 38.2 Å². The van der Waals surface area contributed by atoms with E-state index in [1.165, 1.54) is 0 Å². The molecule has 5 heteroatoms. The Hall–Kier alpha value is -0.650. The molecule has 20 heavy (non-hydrogen) atoms. The number of nitrogens with zero attached hydrogens (tertiary/aromatic N) is 1. The topological polar surface area (TPSA) is 61.8 Å². The second-order valence-electron chi connectivity index (χ2n) is 6.39. The zero-order chi connectivity index (χ0) is 15.2. The number of carbonyl (C=O) groups is 1. The molecule has 1 fully saturated rings. The van der Waals surface area contributed by atoms with Gasteiger partial charge in [-0.15, -0.1) is 0 Å². The van der Waals surface area contributed by atoms with Crippen LogP contribution in [0.25, 0.3) is 0 Å². The summed E-state index contributed by atoms with van der Waals surface area (Å²) >= 11 is 0. The van der Waals surface area contributed by atoms with Crippen molar-refractivity contribution < 1.29 is 14.6 Å². The molecular formula is C15H30N2O3. The lowest BCUT2D eigenvalue weighted by Crippen LogP contribution is -2.49. The van der Waals surface area contributed by atoms with E-state index in [1.54, 1.807) is 7.11 Å². The lowest BCUT2D eigenvalue weighted by atomic mass is 9.88. The Kier molecular flexibility index (Phi) is 6.92. The number of carbonyl (C=O) groups excluding carboxylic acids is 1. The molecule has 1 saturated heterocycles. The number of hydrogen-bond acceptors (Lipinski definition) is 4. The standard InChI is InChI=1S/C15H30N2O3/c1-5-15(2,3)14(19)16-12-6-8-17(9-7-12)10-13(18)11-20-4/h12-13,18H,5-11H2,1-4H3,(H,16,19). The summed E-state index contributed by atoms with van der Waals surface area (Å²) in [5.74, 6) is 0.151. The van der Waals surface area contributed by atoms with Crippen LogP contribution in [0, 0.1) is 5.41 Å². The Morgan fingerprint density at radius 1 is 1.45 bits per heavy atom. The number of methoxy groups -OCH3 is 1. The highest BCUT2D eigenvalue weighted by atomic mass is 16.5. The highest BCUT2D eigenvalue weighted by molar-refractivity contribution is 5.81. The number of aliphatic hydroxyl groups is 1. The van der Waals surface area contributed by atoms with E-state index in [2.05, 4.69) is 10.2 Å². The Balaban J connectivity index is 2.30. The number of piperidine rings is 1. The largest absolute Gasteiger partial charge is 0.389 e. The first-order valence-corrected chi connectivity index (χ1v) is 7.59. The van der Waals surface area contributed by atoms with Gasteiger partial charge in [0.2, 0.25) is 5.91 Å². The van der Waals surface area contributed by atoms with Gasteiger partial charge in [-0.25, -0.2) is 0 Å². The second kappa shape index (κ2) is 7.96. The molecule has 1 heterocycles. The Labute approximate surface area is 122 Å². The molecule has 118 valence electrons. The van der Waals surface area contributed by atoms with Gasteiger partial charge in [0.25, 0.3) is 0 Å². The fourth-order valence-corrected chi connectivity index (χ4v) is 2.34. The first kappa shape index (κ1) is 17.4. The van der Waals surface area contributed by atoms with Crippen molar-refractivity contribution in [1.29, 1.82) is 0 Å². The highest BCUT2D eigenvalue weighted by Crippen LogP contribution is 2.21. The predicted molar refractivity (Wildman–Crippen MR) is 79.6 cm³/mol. The minimum absolute atomic E-state index is 0.151. The molecule has 0 aromatic carbocycles. The van der Waals surface area contributed by atoms with Crippen molar-refractivity contribution in [1.82, 2.24) is 10.2 Å². The molecule has 0 aliphatic carbocycles. The van der Waals surface area contributed by atoms with Gasteiger partial charge in [-0.05, 0) is 19.3 Å². The maximum Gasteiger partial charge on any atom is 0.225 e. The summed E-state index contributed by atoms with van der Waals surface area (Å²) in [4.78, 5) is 14.4. The Morgan fingerprint density at radius 3 is 2.55 bits per heavy atom. The lowest BCUT2D eigenvalue weighted by molar-refractivity contribution is -0.130. The van der Waals surface area contributed by atoms with Crippen molar-refractivity contribution in [2.24, 2.45) is 5.41 Å². The van der Waals surface area contributed by atoms with E-state index >= 15 is 0 Å². The monoisotopic (exact) mass is 286 g/mol. The summed E-state index contributed by atoms with van der Waals surface area (Å²) in [6.07, 6.45) is 2.32. The molecule has 5 nitrogen and oxygen atoms in total. The van der Waals surface area contributed by atoms with E-state index in [0.29, 0.717) is 13.2 Å². The van der Waals surface area contributed by atoms with E-state index in [1.807, 2.05) is 20.8 Å². The molecular weight excluding hydrogens is 256 g/mol. The van der Waals surface area contributed by atoms with Crippen LogP contribution in [-0.4, -0.2) is 61.4 Å². The number of rotatable bonds is 7. The van der Waals surface area contributed by atoms with Crippen LogP contribution >= 0.6 is 0 Å². The molecule has 2 N–H and O–H groups in total. The number of β-amino-alcohol motifs (C(OH)–C–C–N with tert-alkyl or cyclic N) is 1. The molecule has 0 saturated carbocycles.